The third-order valence-electron chi connectivity index (χ3n) is 7.42. The molecule has 1 aromatic carbocycles. The predicted octanol–water partition coefficient (Wildman–Crippen LogP) is 2.64. The number of hydrogen-bond acceptors (Lipinski definition) is 10. The highest BCUT2D eigenvalue weighted by atomic mass is 32.1. The number of methoxy groups -OCH3 is 1. The molecule has 202 valence electrons. The van der Waals surface area contributed by atoms with Crippen LogP contribution in [0, 0.1) is 5.82 Å². The molecule has 4 atom stereocenters. The summed E-state index contributed by atoms with van der Waals surface area (Å²) in [7, 11) is 1.74. The average Bonchev–Trinajstić information content (AvgIpc) is 3.63. The maximum absolute atomic E-state index is 15.6. The molecule has 0 spiro atoms. The van der Waals surface area contributed by atoms with Gasteiger partial charge in [-0.15, -0.1) is 10.2 Å². The van der Waals surface area contributed by atoms with Crippen LogP contribution in [0.2, 0.25) is 13.6 Å². The van der Waals surface area contributed by atoms with Crippen molar-refractivity contribution >= 4 is 30.6 Å². The minimum absolute atomic E-state index is 0.0647. The lowest BCUT2D eigenvalue weighted by Gasteiger charge is -2.44. The number of rotatable bonds is 9. The molecule has 2 aromatic heterocycles. The number of ether oxygens (including phenoxy) is 2. The molecule has 0 aliphatic carbocycles. The highest BCUT2D eigenvalue weighted by Crippen LogP contribution is 2.43. The van der Waals surface area contributed by atoms with Gasteiger partial charge in [0.1, 0.15) is 17.7 Å². The lowest BCUT2D eigenvalue weighted by atomic mass is 9.78. The minimum Gasteiger partial charge on any atom is -0.467 e. The van der Waals surface area contributed by atoms with Crippen molar-refractivity contribution in [2.75, 3.05) is 25.9 Å². The van der Waals surface area contributed by atoms with Gasteiger partial charge in [0, 0.05) is 43.6 Å². The molecule has 10 nitrogen and oxygen atoms in total. The first kappa shape index (κ1) is 27.0. The van der Waals surface area contributed by atoms with E-state index in [-0.39, 0.29) is 24.4 Å². The van der Waals surface area contributed by atoms with Gasteiger partial charge in [-0.2, -0.15) is 5.10 Å². The first-order chi connectivity index (χ1) is 18.2. The molecule has 2 aliphatic heterocycles. The quantitative estimate of drug-likeness (QED) is 0.310. The first-order valence-electron chi connectivity index (χ1n) is 12.5. The molecule has 2 bridgehead atoms. The van der Waals surface area contributed by atoms with Crippen LogP contribution >= 0.6 is 11.3 Å². The zero-order valence-electron chi connectivity index (χ0n) is 21.7. The van der Waals surface area contributed by atoms with Crippen molar-refractivity contribution in [2.24, 2.45) is 0 Å². The van der Waals surface area contributed by atoms with E-state index in [1.807, 2.05) is 4.81 Å². The van der Waals surface area contributed by atoms with E-state index >= 15 is 8.78 Å². The molecule has 3 aromatic rings. The van der Waals surface area contributed by atoms with Crippen LogP contribution in [0.3, 0.4) is 0 Å². The maximum Gasteiger partial charge on any atom is 0.431 e. The van der Waals surface area contributed by atoms with Crippen LogP contribution in [0.4, 0.5) is 13.9 Å². The summed E-state index contributed by atoms with van der Waals surface area (Å²) >= 11 is 1.22. The van der Waals surface area contributed by atoms with Crippen LogP contribution < -0.4 is 9.64 Å². The number of piperidine rings is 1. The molecule has 2 aliphatic rings. The fourth-order valence-corrected chi connectivity index (χ4v) is 6.47. The van der Waals surface area contributed by atoms with Gasteiger partial charge in [0.05, 0.1) is 17.8 Å². The van der Waals surface area contributed by atoms with E-state index in [4.69, 9.17) is 9.47 Å². The van der Waals surface area contributed by atoms with Crippen molar-refractivity contribution < 1.29 is 28.3 Å². The van der Waals surface area contributed by atoms with Crippen LogP contribution in [0.15, 0.2) is 24.5 Å². The van der Waals surface area contributed by atoms with Gasteiger partial charge in [0.25, 0.3) is 0 Å². The summed E-state index contributed by atoms with van der Waals surface area (Å²) in [6.07, 6.45) is 3.99. The SMILES string of the molecule is COCOc1cc(-c2cnn(B(C)O)c2)c(F)cc1-c1nnc(N(C)[C@@H]2CC3CCC([C@@H]2F)N3B(C)O)s1. The Bertz CT molecular complexity index is 1280. The van der Waals surface area contributed by atoms with Crippen LogP contribution in [-0.2, 0) is 4.74 Å². The molecule has 5 rings (SSSR count). The fraction of sp³-hybridized carbons (Fsp3) is 0.522. The number of hydrogen-bond donors (Lipinski definition) is 2. The molecular formula is C23H30B2F2N6O4S. The van der Waals surface area contributed by atoms with E-state index in [1.165, 1.54) is 35.3 Å². The Labute approximate surface area is 224 Å². The zero-order valence-corrected chi connectivity index (χ0v) is 22.5. The Kier molecular flexibility index (Phi) is 7.74. The summed E-state index contributed by atoms with van der Waals surface area (Å²) in [6, 6.07) is 2.24. The molecular weight excluding hydrogens is 516 g/mol. The Balaban J connectivity index is 1.43. The van der Waals surface area contributed by atoms with Gasteiger partial charge in [-0.3, -0.25) is 4.59 Å². The molecule has 38 heavy (non-hydrogen) atoms. The normalized spacial score (nSPS) is 23.1. The van der Waals surface area contributed by atoms with Crippen LogP contribution in [0.1, 0.15) is 19.3 Å². The van der Waals surface area contributed by atoms with Crippen molar-refractivity contribution in [2.45, 2.75) is 57.2 Å². The largest absolute Gasteiger partial charge is 0.467 e. The minimum atomic E-state index is -1.15. The van der Waals surface area contributed by atoms with Gasteiger partial charge < -0.3 is 29.2 Å². The van der Waals surface area contributed by atoms with Crippen LogP contribution in [-0.4, -0.2) is 94.1 Å². The Morgan fingerprint density at radius 3 is 2.66 bits per heavy atom. The molecule has 0 amide bonds. The van der Waals surface area contributed by atoms with Crippen molar-refractivity contribution in [1.29, 1.82) is 0 Å². The van der Waals surface area contributed by atoms with Gasteiger partial charge in [-0.1, -0.05) is 11.3 Å². The van der Waals surface area contributed by atoms with Crippen LogP contribution in [0.25, 0.3) is 21.7 Å². The van der Waals surface area contributed by atoms with E-state index in [9.17, 15) is 10.0 Å². The van der Waals surface area contributed by atoms with E-state index in [0.717, 1.165) is 6.42 Å². The summed E-state index contributed by atoms with van der Waals surface area (Å²) in [5.74, 6) is -0.184. The third kappa shape index (κ3) is 4.93. The lowest BCUT2D eigenvalue weighted by molar-refractivity contribution is 0.0515. The van der Waals surface area contributed by atoms with Crippen molar-refractivity contribution in [1.82, 2.24) is 24.7 Å². The van der Waals surface area contributed by atoms with Crippen molar-refractivity contribution in [3.63, 3.8) is 0 Å². The van der Waals surface area contributed by atoms with E-state index in [0.29, 0.717) is 39.9 Å². The topological polar surface area (TPSA) is 109 Å². The molecule has 2 fully saturated rings. The van der Waals surface area contributed by atoms with Gasteiger partial charge in [0.15, 0.2) is 11.8 Å². The molecule has 2 N–H and O–H groups in total. The molecule has 2 unspecified atom stereocenters. The second-order valence-electron chi connectivity index (χ2n) is 9.85. The monoisotopic (exact) mass is 546 g/mol. The van der Waals surface area contributed by atoms with Crippen molar-refractivity contribution in [3.8, 4) is 27.4 Å². The lowest BCUT2D eigenvalue weighted by Crippen LogP contribution is -2.60. The number of benzene rings is 1. The molecule has 15 heteroatoms. The highest BCUT2D eigenvalue weighted by Gasteiger charge is 2.51. The molecule has 0 saturated carbocycles. The highest BCUT2D eigenvalue weighted by molar-refractivity contribution is 7.18. The van der Waals surface area contributed by atoms with Gasteiger partial charge in [0.2, 0.25) is 5.13 Å². The standard InChI is InChI=1S/C23H30B2F2N6O4S/c1-24(34)32-11-13(10-28-32)15-9-20(37-12-36-4)16(8-17(15)26)22-29-30-23(38-22)31(3)19-7-14-5-6-18(21(19)27)33(14)25(2)35/h8-11,14,18-19,21,34-35H,5-7,12H2,1-4H3/t14?,18?,19-,21+/m1/s1. The Morgan fingerprint density at radius 1 is 1.18 bits per heavy atom. The number of alkyl halides is 1. The maximum atomic E-state index is 15.6. The van der Waals surface area contributed by atoms with E-state index in [1.54, 1.807) is 37.9 Å². The van der Waals surface area contributed by atoms with E-state index in [2.05, 4.69) is 15.3 Å². The van der Waals surface area contributed by atoms with Gasteiger partial charge in [-0.05, 0) is 45.0 Å². The summed E-state index contributed by atoms with van der Waals surface area (Å²) in [6.45, 7) is 3.18. The second kappa shape index (κ2) is 10.9. The number of anilines is 1. The number of aromatic nitrogens is 4. The molecule has 2 saturated heterocycles. The van der Waals surface area contributed by atoms with Gasteiger partial charge in [-0.25, -0.2) is 8.78 Å². The third-order valence-corrected chi connectivity index (χ3v) is 8.47. The number of nitrogens with zero attached hydrogens (tertiary/aromatic N) is 6. The zero-order chi connectivity index (χ0) is 27.1. The second-order valence-corrected chi connectivity index (χ2v) is 10.8. The smallest absolute Gasteiger partial charge is 0.431 e. The average molecular weight is 546 g/mol. The van der Waals surface area contributed by atoms with Crippen molar-refractivity contribution in [3.05, 3.63) is 30.3 Å². The van der Waals surface area contributed by atoms with E-state index < -0.39 is 32.1 Å². The summed E-state index contributed by atoms with van der Waals surface area (Å²) in [4.78, 5) is 3.69. The Morgan fingerprint density at radius 2 is 1.97 bits per heavy atom. The summed E-state index contributed by atoms with van der Waals surface area (Å²) < 4.78 is 43.0. The Hall–Kier alpha value is -2.58. The summed E-state index contributed by atoms with van der Waals surface area (Å²) in [5, 5.41) is 33.5. The number of halogens is 2. The molecule has 0 radical (unpaired) electrons. The first-order valence-corrected chi connectivity index (χ1v) is 13.3. The van der Waals surface area contributed by atoms with Crippen LogP contribution in [0.5, 0.6) is 5.75 Å². The molecule has 4 heterocycles. The predicted molar refractivity (Wildman–Crippen MR) is 142 cm³/mol. The van der Waals surface area contributed by atoms with Gasteiger partial charge >= 0.3 is 14.1 Å². The fourth-order valence-electron chi connectivity index (χ4n) is 5.59. The summed E-state index contributed by atoms with van der Waals surface area (Å²) in [5.41, 5.74) is 1.11. The number of fused-ring (bicyclic) bond motifs is 2.